The van der Waals surface area contributed by atoms with Gasteiger partial charge in [0.05, 0.1) is 0 Å². The Morgan fingerprint density at radius 2 is 1.00 bits per heavy atom. The van der Waals surface area contributed by atoms with E-state index in [1.807, 2.05) is 0 Å². The van der Waals surface area contributed by atoms with Crippen LogP contribution in [-0.4, -0.2) is 34.1 Å². The van der Waals surface area contributed by atoms with Crippen molar-refractivity contribution in [2.24, 2.45) is 35.5 Å². The van der Waals surface area contributed by atoms with Crippen molar-refractivity contribution in [1.29, 1.82) is 0 Å². The molecule has 0 saturated heterocycles. The van der Waals surface area contributed by atoms with Crippen molar-refractivity contribution < 1.29 is 0 Å². The first-order chi connectivity index (χ1) is 10.4. The van der Waals surface area contributed by atoms with E-state index in [1.165, 1.54) is 20.8 Å². The van der Waals surface area contributed by atoms with Gasteiger partial charge in [0.25, 0.3) is 0 Å². The first-order valence-corrected chi connectivity index (χ1v) is 19.7. The van der Waals surface area contributed by atoms with Crippen LogP contribution in [0.2, 0.25) is 7.93 Å². The van der Waals surface area contributed by atoms with E-state index in [1.54, 1.807) is 25.7 Å². The van der Waals surface area contributed by atoms with Gasteiger partial charge in [-0.15, -0.1) is 0 Å². The van der Waals surface area contributed by atoms with Crippen LogP contribution >= 0.6 is 0 Å². The van der Waals surface area contributed by atoms with Gasteiger partial charge < -0.3 is 0 Å². The predicted octanol–water partition coefficient (Wildman–Crippen LogP) is 6.07. The van der Waals surface area contributed by atoms with Crippen LogP contribution in [0, 0.1) is 35.5 Å². The molecule has 0 nitrogen and oxygen atoms in total. The topological polar surface area (TPSA) is 0 Å². The van der Waals surface area contributed by atoms with Crippen LogP contribution in [0.15, 0.2) is 0 Å². The van der Waals surface area contributed by atoms with Crippen molar-refractivity contribution >= 4 is 34.1 Å². The van der Waals surface area contributed by atoms with Crippen LogP contribution in [0.5, 0.6) is 0 Å². The van der Waals surface area contributed by atoms with Gasteiger partial charge in [0.1, 0.15) is 0 Å². The molecule has 2 fully saturated rings. The Hall–Kier alpha value is 1.58. The van der Waals surface area contributed by atoms with Gasteiger partial charge in [-0.25, -0.2) is 0 Å². The third-order valence-corrected chi connectivity index (χ3v) is 22.6. The molecular formula is C20H38Te2. The minimum absolute atomic E-state index is 0.332. The second-order valence-corrected chi connectivity index (χ2v) is 20.8. The summed E-state index contributed by atoms with van der Waals surface area (Å²) in [6.45, 7) is 15.1. The summed E-state index contributed by atoms with van der Waals surface area (Å²) in [7, 11) is 0. The molecule has 130 valence electrons. The Morgan fingerprint density at radius 3 is 1.32 bits per heavy atom. The fourth-order valence-corrected chi connectivity index (χ4v) is 25.1. The zero-order valence-electron chi connectivity index (χ0n) is 15.7. The van der Waals surface area contributed by atoms with Crippen molar-refractivity contribution in [2.45, 2.75) is 88.0 Å². The first-order valence-electron chi connectivity index (χ1n) is 9.70. The van der Waals surface area contributed by atoms with E-state index in [9.17, 15) is 0 Å². The van der Waals surface area contributed by atoms with Gasteiger partial charge in [-0.1, -0.05) is 0 Å². The van der Waals surface area contributed by atoms with Gasteiger partial charge in [0, 0.05) is 0 Å². The Bertz CT molecular complexity index is 294. The molecule has 0 unspecified atom stereocenters. The Morgan fingerprint density at radius 1 is 0.636 bits per heavy atom. The maximum absolute atomic E-state index is 2.52. The molecular weight excluding hydrogens is 495 g/mol. The van der Waals surface area contributed by atoms with Crippen LogP contribution in [-0.2, 0) is 0 Å². The summed E-state index contributed by atoms with van der Waals surface area (Å²) in [4.78, 5) is 0. The fraction of sp³-hybridized carbons (Fsp3) is 1.00. The molecule has 0 amide bonds. The van der Waals surface area contributed by atoms with Crippen molar-refractivity contribution in [1.82, 2.24) is 0 Å². The molecule has 0 aromatic carbocycles. The van der Waals surface area contributed by atoms with Crippen molar-refractivity contribution in [3.8, 4) is 0 Å². The summed E-state index contributed by atoms with van der Waals surface area (Å²) in [6.07, 6.45) is 9.34. The molecule has 0 N–H and O–H groups in total. The molecule has 0 radical (unpaired) electrons. The minimum atomic E-state index is 0.332. The predicted molar refractivity (Wildman–Crippen MR) is 102 cm³/mol. The van der Waals surface area contributed by atoms with E-state index < -0.39 is 0 Å². The van der Waals surface area contributed by atoms with Crippen LogP contribution in [0.1, 0.15) is 80.1 Å². The van der Waals surface area contributed by atoms with Gasteiger partial charge >= 0.3 is 158 Å². The summed E-state index contributed by atoms with van der Waals surface area (Å²) in [5, 5.41) is 0. The first kappa shape index (κ1) is 19.9. The Balaban J connectivity index is 1.93. The van der Waals surface area contributed by atoms with E-state index in [2.05, 4.69) is 41.5 Å². The molecule has 0 aliphatic heterocycles. The fourth-order valence-electron chi connectivity index (χ4n) is 4.59. The Kier molecular flexibility index (Phi) is 8.43. The van der Waals surface area contributed by atoms with Gasteiger partial charge in [0.15, 0.2) is 0 Å². The molecule has 2 saturated carbocycles. The van der Waals surface area contributed by atoms with E-state index in [0.717, 1.165) is 35.5 Å². The third-order valence-electron chi connectivity index (χ3n) is 6.23. The van der Waals surface area contributed by atoms with Gasteiger partial charge in [0.2, 0.25) is 0 Å². The second-order valence-electron chi connectivity index (χ2n) is 8.92. The van der Waals surface area contributed by atoms with Gasteiger partial charge in [-0.3, -0.25) is 0 Å². The molecule has 0 spiro atoms. The number of hydrogen-bond donors (Lipinski definition) is 0. The molecule has 22 heavy (non-hydrogen) atoms. The van der Waals surface area contributed by atoms with Crippen LogP contribution in [0.4, 0.5) is 0 Å². The molecule has 0 aromatic rings. The second kappa shape index (κ2) is 9.32. The summed E-state index contributed by atoms with van der Waals surface area (Å²) in [5.41, 5.74) is 0. The van der Waals surface area contributed by atoms with Crippen molar-refractivity contribution in [3.63, 3.8) is 0 Å². The zero-order valence-corrected chi connectivity index (χ0v) is 20.3. The molecule has 0 bridgehead atoms. The van der Waals surface area contributed by atoms with Gasteiger partial charge in [-0.05, 0) is 0 Å². The monoisotopic (exact) mass is 538 g/mol. The third kappa shape index (κ3) is 5.55. The summed E-state index contributed by atoms with van der Waals surface area (Å²) in [5.74, 6) is 6.15. The van der Waals surface area contributed by atoms with E-state index in [0.29, 0.717) is 34.1 Å². The summed E-state index contributed by atoms with van der Waals surface area (Å²) < 4.78 is 2.42. The van der Waals surface area contributed by atoms with Crippen LogP contribution < -0.4 is 0 Å². The maximum atomic E-state index is 2.52. The molecule has 2 heteroatoms. The van der Waals surface area contributed by atoms with Crippen LogP contribution in [0.3, 0.4) is 0 Å². The average Bonchev–Trinajstić information content (AvgIpc) is 2.44. The standard InChI is InChI=1S/C20H38Te2/c1-13(2)17-9-7-15(5)11-19(17)21-22-20-12-16(6)8-10-18(20)14(3)4/h13-20H,7-12H2,1-6H3/t15-,16-,17+,18+,19-,20-/m1/s1. The SMILES string of the molecule is CC(C)[C@@H]1CC[C@@H](C)C[C@H]1[Te][Te][C@@H]1C[C@H](C)CC[C@H]1C(C)C. The summed E-state index contributed by atoms with van der Waals surface area (Å²) in [6, 6.07) is 0. The molecule has 0 aromatic heterocycles. The molecule has 2 aliphatic rings. The average molecular weight is 534 g/mol. The van der Waals surface area contributed by atoms with Crippen molar-refractivity contribution in [3.05, 3.63) is 0 Å². The number of rotatable bonds is 5. The van der Waals surface area contributed by atoms with E-state index in [-0.39, 0.29) is 0 Å². The zero-order chi connectivity index (χ0) is 16.3. The van der Waals surface area contributed by atoms with Crippen molar-refractivity contribution in [2.75, 3.05) is 0 Å². The summed E-state index contributed by atoms with van der Waals surface area (Å²) >= 11 is 0.665. The molecule has 6 atom stereocenters. The normalized spacial score (nSPS) is 40.4. The van der Waals surface area contributed by atoms with E-state index in [4.69, 9.17) is 0 Å². The molecule has 2 aliphatic carbocycles. The quantitative estimate of drug-likeness (QED) is 0.376. The molecule has 0 heterocycles. The van der Waals surface area contributed by atoms with E-state index >= 15 is 0 Å². The van der Waals surface area contributed by atoms with Gasteiger partial charge in [-0.2, -0.15) is 0 Å². The molecule has 2 rings (SSSR count). The Labute approximate surface area is 156 Å². The number of hydrogen-bond acceptors (Lipinski definition) is 0. The van der Waals surface area contributed by atoms with Crippen LogP contribution in [0.25, 0.3) is 0 Å².